The van der Waals surface area contributed by atoms with Gasteiger partial charge in [0.2, 0.25) is 10.0 Å². The van der Waals surface area contributed by atoms with Crippen LogP contribution in [0.25, 0.3) is 0 Å². The monoisotopic (exact) mass is 297 g/mol. The van der Waals surface area contributed by atoms with Gasteiger partial charge in [0.1, 0.15) is 0 Å². The highest BCUT2D eigenvalue weighted by Crippen LogP contribution is 2.27. The second-order valence-corrected chi connectivity index (χ2v) is 7.44. The number of nitrogens with zero attached hydrogens (tertiary/aromatic N) is 1. The molecule has 1 aromatic rings. The number of aliphatic hydroxyl groups excluding tert-OH is 1. The van der Waals surface area contributed by atoms with E-state index in [0.717, 1.165) is 31.2 Å². The molecule has 2 atom stereocenters. The summed E-state index contributed by atoms with van der Waals surface area (Å²) in [5.74, 6) is 0. The predicted octanol–water partition coefficient (Wildman–Crippen LogP) is 2.17. The lowest BCUT2D eigenvalue weighted by atomic mass is 9.93. The first kappa shape index (κ1) is 15.5. The Morgan fingerprint density at radius 1 is 1.20 bits per heavy atom. The molecule has 112 valence electrons. The summed E-state index contributed by atoms with van der Waals surface area (Å²) in [5, 5.41) is 10.0. The van der Waals surface area contributed by atoms with Crippen LogP contribution in [0.15, 0.2) is 29.2 Å². The van der Waals surface area contributed by atoms with Gasteiger partial charge in [0.05, 0.1) is 17.0 Å². The molecular formula is C15H23NO3S. The molecule has 0 amide bonds. The van der Waals surface area contributed by atoms with Gasteiger partial charge in [-0.2, -0.15) is 4.31 Å². The molecule has 20 heavy (non-hydrogen) atoms. The molecule has 4 nitrogen and oxygen atoms in total. The Kier molecular flexibility index (Phi) is 4.83. The van der Waals surface area contributed by atoms with Crippen molar-refractivity contribution in [3.63, 3.8) is 0 Å². The van der Waals surface area contributed by atoms with Crippen molar-refractivity contribution in [3.8, 4) is 0 Å². The average Bonchev–Trinajstić information content (AvgIpc) is 2.47. The van der Waals surface area contributed by atoms with E-state index in [2.05, 4.69) is 0 Å². The zero-order chi connectivity index (χ0) is 14.8. The molecule has 0 bridgehead atoms. The zero-order valence-electron chi connectivity index (χ0n) is 12.1. The molecule has 0 radical (unpaired) electrons. The molecule has 2 unspecified atom stereocenters. The fourth-order valence-corrected chi connectivity index (χ4v) is 4.17. The van der Waals surface area contributed by atoms with E-state index in [0.29, 0.717) is 11.3 Å². The molecule has 1 aromatic carbocycles. The van der Waals surface area contributed by atoms with Crippen LogP contribution in [-0.2, 0) is 16.4 Å². The molecule has 1 aliphatic rings. The van der Waals surface area contributed by atoms with E-state index in [-0.39, 0.29) is 6.04 Å². The molecule has 0 aliphatic heterocycles. The van der Waals surface area contributed by atoms with Gasteiger partial charge in [-0.05, 0) is 37.0 Å². The van der Waals surface area contributed by atoms with Crippen molar-refractivity contribution in [2.24, 2.45) is 0 Å². The number of likely N-dealkylation sites (N-methyl/N-ethyl adjacent to an activating group) is 1. The van der Waals surface area contributed by atoms with Crippen molar-refractivity contribution < 1.29 is 13.5 Å². The predicted molar refractivity (Wildman–Crippen MR) is 79.0 cm³/mol. The van der Waals surface area contributed by atoms with Crippen molar-refractivity contribution in [1.82, 2.24) is 4.31 Å². The van der Waals surface area contributed by atoms with Crippen molar-refractivity contribution in [3.05, 3.63) is 29.8 Å². The summed E-state index contributed by atoms with van der Waals surface area (Å²) < 4.78 is 26.5. The summed E-state index contributed by atoms with van der Waals surface area (Å²) in [6.07, 6.45) is 3.67. The van der Waals surface area contributed by atoms with Gasteiger partial charge in [-0.1, -0.05) is 31.9 Å². The van der Waals surface area contributed by atoms with Gasteiger partial charge in [-0.15, -0.1) is 0 Å². The van der Waals surface area contributed by atoms with Gasteiger partial charge >= 0.3 is 0 Å². The topological polar surface area (TPSA) is 57.6 Å². The van der Waals surface area contributed by atoms with Crippen molar-refractivity contribution in [2.75, 3.05) is 7.05 Å². The van der Waals surface area contributed by atoms with E-state index in [9.17, 15) is 13.5 Å². The van der Waals surface area contributed by atoms with Crippen molar-refractivity contribution in [2.45, 2.75) is 56.1 Å². The van der Waals surface area contributed by atoms with Gasteiger partial charge in [-0.3, -0.25) is 0 Å². The Morgan fingerprint density at radius 2 is 1.80 bits per heavy atom. The Hall–Kier alpha value is -0.910. The molecule has 1 aliphatic carbocycles. The normalized spacial score (nSPS) is 24.0. The summed E-state index contributed by atoms with van der Waals surface area (Å²) in [6.45, 7) is 2.04. The molecule has 2 rings (SSSR count). The number of benzene rings is 1. The largest absolute Gasteiger partial charge is 0.391 e. The molecule has 5 heteroatoms. The molecule has 1 N–H and O–H groups in total. The fourth-order valence-electron chi connectivity index (χ4n) is 2.76. The highest BCUT2D eigenvalue weighted by Gasteiger charge is 2.34. The van der Waals surface area contributed by atoms with Crippen molar-refractivity contribution >= 4 is 10.0 Å². The van der Waals surface area contributed by atoms with Gasteiger partial charge in [0.25, 0.3) is 0 Å². The van der Waals surface area contributed by atoms with E-state index >= 15 is 0 Å². The van der Waals surface area contributed by atoms with Gasteiger partial charge < -0.3 is 5.11 Å². The maximum absolute atomic E-state index is 12.6. The van der Waals surface area contributed by atoms with E-state index < -0.39 is 16.1 Å². The molecule has 1 saturated carbocycles. The standard InChI is InChI=1S/C15H23NO3S/c1-3-12-8-10-13(11-9-12)20(18,19)16(2)14-6-4-5-7-15(14)17/h8-11,14-15,17H,3-7H2,1-2H3. The second kappa shape index (κ2) is 6.24. The maximum Gasteiger partial charge on any atom is 0.243 e. The fraction of sp³-hybridized carbons (Fsp3) is 0.600. The lowest BCUT2D eigenvalue weighted by Gasteiger charge is -2.34. The smallest absolute Gasteiger partial charge is 0.243 e. The number of sulfonamides is 1. The molecular weight excluding hydrogens is 274 g/mol. The van der Waals surface area contributed by atoms with E-state index in [1.807, 2.05) is 19.1 Å². The van der Waals surface area contributed by atoms with E-state index in [4.69, 9.17) is 0 Å². The summed E-state index contributed by atoms with van der Waals surface area (Å²) in [5.41, 5.74) is 1.12. The Labute approximate surface area is 121 Å². The van der Waals surface area contributed by atoms with Crippen LogP contribution < -0.4 is 0 Å². The summed E-state index contributed by atoms with van der Waals surface area (Å²) >= 11 is 0. The highest BCUT2D eigenvalue weighted by atomic mass is 32.2. The summed E-state index contributed by atoms with van der Waals surface area (Å²) in [6, 6.07) is 6.69. The summed E-state index contributed by atoms with van der Waals surface area (Å²) in [7, 11) is -1.95. The quantitative estimate of drug-likeness (QED) is 0.926. The van der Waals surface area contributed by atoms with Crippen LogP contribution >= 0.6 is 0 Å². The third kappa shape index (κ3) is 3.05. The number of aliphatic hydroxyl groups is 1. The Balaban J connectivity index is 2.23. The lowest BCUT2D eigenvalue weighted by Crippen LogP contribution is -2.46. The first-order chi connectivity index (χ1) is 9.46. The summed E-state index contributed by atoms with van der Waals surface area (Å²) in [4.78, 5) is 0.301. The second-order valence-electron chi connectivity index (χ2n) is 5.44. The number of aryl methyl sites for hydroxylation is 1. The zero-order valence-corrected chi connectivity index (χ0v) is 12.9. The first-order valence-corrected chi connectivity index (χ1v) is 8.66. The maximum atomic E-state index is 12.6. The number of hydrogen-bond donors (Lipinski definition) is 1. The molecule has 0 saturated heterocycles. The third-order valence-corrected chi connectivity index (χ3v) is 6.07. The van der Waals surface area contributed by atoms with Crippen LogP contribution in [0.1, 0.15) is 38.2 Å². The van der Waals surface area contributed by atoms with Crippen LogP contribution in [0.3, 0.4) is 0 Å². The minimum Gasteiger partial charge on any atom is -0.391 e. The molecule has 1 fully saturated rings. The third-order valence-electron chi connectivity index (χ3n) is 4.17. The van der Waals surface area contributed by atoms with Crippen LogP contribution in [-0.4, -0.2) is 37.0 Å². The van der Waals surface area contributed by atoms with Crippen LogP contribution in [0, 0.1) is 0 Å². The number of hydrogen-bond acceptors (Lipinski definition) is 3. The van der Waals surface area contributed by atoms with Gasteiger partial charge in [0.15, 0.2) is 0 Å². The Bertz CT molecular complexity index is 539. The van der Waals surface area contributed by atoms with Crippen LogP contribution in [0.2, 0.25) is 0 Å². The molecule has 0 heterocycles. The SMILES string of the molecule is CCc1ccc(S(=O)(=O)N(C)C2CCCCC2O)cc1. The molecule has 0 aromatic heterocycles. The minimum absolute atomic E-state index is 0.301. The lowest BCUT2D eigenvalue weighted by molar-refractivity contribution is 0.0638. The van der Waals surface area contributed by atoms with E-state index in [1.54, 1.807) is 19.2 Å². The Morgan fingerprint density at radius 3 is 2.35 bits per heavy atom. The van der Waals surface area contributed by atoms with Gasteiger partial charge in [-0.25, -0.2) is 8.42 Å². The van der Waals surface area contributed by atoms with Crippen LogP contribution in [0.5, 0.6) is 0 Å². The van der Waals surface area contributed by atoms with Crippen molar-refractivity contribution in [1.29, 1.82) is 0 Å². The minimum atomic E-state index is -3.52. The average molecular weight is 297 g/mol. The number of rotatable bonds is 4. The van der Waals surface area contributed by atoms with Crippen LogP contribution in [0.4, 0.5) is 0 Å². The van der Waals surface area contributed by atoms with E-state index in [1.165, 1.54) is 4.31 Å². The first-order valence-electron chi connectivity index (χ1n) is 7.22. The molecule has 0 spiro atoms. The van der Waals surface area contributed by atoms with Gasteiger partial charge in [0, 0.05) is 7.05 Å². The highest BCUT2D eigenvalue weighted by molar-refractivity contribution is 7.89.